The van der Waals surface area contributed by atoms with Crippen LogP contribution < -0.4 is 0 Å². The highest BCUT2D eigenvalue weighted by molar-refractivity contribution is 5.78. The normalized spacial score (nSPS) is 13.9. The van der Waals surface area contributed by atoms with Crippen LogP contribution in [0.5, 0.6) is 0 Å². The molecule has 0 radical (unpaired) electrons. The number of aliphatic hydroxyl groups is 1. The van der Waals surface area contributed by atoms with Crippen molar-refractivity contribution in [2.75, 3.05) is 20.3 Å². The number of hydrogen-bond acceptors (Lipinski definition) is 4. The van der Waals surface area contributed by atoms with Gasteiger partial charge in [-0.05, 0) is 12.3 Å². The number of methoxy groups -OCH3 is 1. The van der Waals surface area contributed by atoms with E-state index in [1.807, 2.05) is 0 Å². The molecule has 0 saturated heterocycles. The van der Waals surface area contributed by atoms with Gasteiger partial charge in [0, 0.05) is 7.11 Å². The van der Waals surface area contributed by atoms with Gasteiger partial charge in [0.1, 0.15) is 12.7 Å². The number of carbonyl (C=O) groups is 1. The minimum absolute atomic E-state index is 0.0437. The fourth-order valence-corrected chi connectivity index (χ4v) is 1.04. The first-order valence-electron chi connectivity index (χ1n) is 5.04. The summed E-state index contributed by atoms with van der Waals surface area (Å²) in [4.78, 5) is 11.0. The molecule has 0 aromatic carbocycles. The maximum atomic E-state index is 13.2. The van der Waals surface area contributed by atoms with Gasteiger partial charge in [-0.2, -0.15) is 8.78 Å². The molecular weight excluding hydrogens is 222 g/mol. The lowest BCUT2D eigenvalue weighted by molar-refractivity contribution is -0.191. The van der Waals surface area contributed by atoms with Crippen molar-refractivity contribution in [2.45, 2.75) is 32.3 Å². The Bertz CT molecular complexity index is 219. The van der Waals surface area contributed by atoms with Crippen LogP contribution in [0.3, 0.4) is 0 Å². The number of halogens is 2. The molecule has 1 atom stereocenters. The van der Waals surface area contributed by atoms with Crippen molar-refractivity contribution in [3.05, 3.63) is 0 Å². The van der Waals surface area contributed by atoms with Crippen molar-refractivity contribution >= 4 is 5.97 Å². The molecule has 0 aromatic rings. The summed E-state index contributed by atoms with van der Waals surface area (Å²) in [6, 6.07) is 0. The molecule has 0 bridgehead atoms. The second kappa shape index (κ2) is 6.75. The Morgan fingerprint density at radius 1 is 1.38 bits per heavy atom. The molecule has 6 heteroatoms. The van der Waals surface area contributed by atoms with E-state index in [2.05, 4.69) is 9.47 Å². The van der Waals surface area contributed by atoms with Crippen LogP contribution in [0.1, 0.15) is 20.3 Å². The van der Waals surface area contributed by atoms with Crippen LogP contribution in [-0.4, -0.2) is 43.4 Å². The van der Waals surface area contributed by atoms with Crippen LogP contribution in [0.25, 0.3) is 0 Å². The van der Waals surface area contributed by atoms with Crippen LogP contribution in [-0.2, 0) is 14.3 Å². The summed E-state index contributed by atoms with van der Waals surface area (Å²) in [6.07, 6.45) is -2.17. The highest BCUT2D eigenvalue weighted by atomic mass is 19.3. The smallest absolute Gasteiger partial charge is 0.379 e. The number of ether oxygens (including phenoxy) is 2. The summed E-state index contributed by atoms with van der Waals surface area (Å²) in [7, 11) is 1.36. The van der Waals surface area contributed by atoms with Gasteiger partial charge >= 0.3 is 11.9 Å². The SMILES string of the molecule is COCCOC(=O)C(F)(F)[C@@H](O)CC(C)C. The molecule has 0 aliphatic rings. The minimum atomic E-state index is -3.86. The van der Waals surface area contributed by atoms with E-state index in [0.29, 0.717) is 0 Å². The predicted molar refractivity (Wildman–Crippen MR) is 53.2 cm³/mol. The Balaban J connectivity index is 4.23. The zero-order valence-electron chi connectivity index (χ0n) is 9.70. The van der Waals surface area contributed by atoms with Crippen LogP contribution in [0, 0.1) is 5.92 Å². The molecule has 0 amide bonds. The van der Waals surface area contributed by atoms with Crippen LogP contribution >= 0.6 is 0 Å². The van der Waals surface area contributed by atoms with E-state index >= 15 is 0 Å². The van der Waals surface area contributed by atoms with Crippen LogP contribution in [0.2, 0.25) is 0 Å². The van der Waals surface area contributed by atoms with E-state index in [4.69, 9.17) is 0 Å². The van der Waals surface area contributed by atoms with E-state index in [-0.39, 0.29) is 25.6 Å². The molecule has 16 heavy (non-hydrogen) atoms. The predicted octanol–water partition coefficient (Wildman–Crippen LogP) is 1.22. The number of hydrogen-bond donors (Lipinski definition) is 1. The maximum Gasteiger partial charge on any atom is 0.379 e. The van der Waals surface area contributed by atoms with Gasteiger partial charge in [-0.3, -0.25) is 0 Å². The summed E-state index contributed by atoms with van der Waals surface area (Å²) in [5.41, 5.74) is 0. The van der Waals surface area contributed by atoms with Gasteiger partial charge in [-0.1, -0.05) is 13.8 Å². The lowest BCUT2D eigenvalue weighted by Crippen LogP contribution is -2.43. The molecule has 0 spiro atoms. The monoisotopic (exact) mass is 240 g/mol. The van der Waals surface area contributed by atoms with E-state index < -0.39 is 18.0 Å². The average molecular weight is 240 g/mol. The number of esters is 1. The molecule has 96 valence electrons. The van der Waals surface area contributed by atoms with Gasteiger partial charge < -0.3 is 14.6 Å². The fourth-order valence-electron chi connectivity index (χ4n) is 1.04. The lowest BCUT2D eigenvalue weighted by atomic mass is 10.0. The molecule has 1 N–H and O–H groups in total. The van der Waals surface area contributed by atoms with Gasteiger partial charge in [0.2, 0.25) is 0 Å². The molecule has 0 aliphatic carbocycles. The van der Waals surface area contributed by atoms with E-state index in [0.717, 1.165) is 0 Å². The van der Waals surface area contributed by atoms with E-state index in [1.165, 1.54) is 7.11 Å². The van der Waals surface area contributed by atoms with Crippen molar-refractivity contribution < 1.29 is 28.2 Å². The van der Waals surface area contributed by atoms with Crippen LogP contribution in [0.4, 0.5) is 8.78 Å². The van der Waals surface area contributed by atoms with Crippen molar-refractivity contribution in [1.82, 2.24) is 0 Å². The molecular formula is C10H18F2O4. The molecule has 0 heterocycles. The summed E-state index contributed by atoms with van der Waals surface area (Å²) in [5, 5.41) is 9.19. The van der Waals surface area contributed by atoms with Crippen molar-refractivity contribution in [3.8, 4) is 0 Å². The minimum Gasteiger partial charge on any atom is -0.459 e. The molecule has 0 fully saturated rings. The lowest BCUT2D eigenvalue weighted by Gasteiger charge is -2.22. The van der Waals surface area contributed by atoms with Gasteiger partial charge in [0.25, 0.3) is 0 Å². The molecule has 0 saturated carbocycles. The topological polar surface area (TPSA) is 55.8 Å². The molecule has 0 aromatic heterocycles. The first-order valence-corrected chi connectivity index (χ1v) is 5.04. The highest BCUT2D eigenvalue weighted by Gasteiger charge is 2.48. The standard InChI is InChI=1S/C10H18F2O4/c1-7(2)6-8(13)10(11,12)9(14)16-5-4-15-3/h7-8,13H,4-6H2,1-3H3/t8-/m0/s1. The van der Waals surface area contributed by atoms with Crippen molar-refractivity contribution in [2.24, 2.45) is 5.92 Å². The Hall–Kier alpha value is -0.750. The second-order valence-corrected chi connectivity index (χ2v) is 3.90. The number of aliphatic hydroxyl groups excluding tert-OH is 1. The molecule has 0 rings (SSSR count). The maximum absolute atomic E-state index is 13.2. The third-order valence-electron chi connectivity index (χ3n) is 1.91. The Morgan fingerprint density at radius 2 is 1.94 bits per heavy atom. The van der Waals surface area contributed by atoms with Crippen molar-refractivity contribution in [1.29, 1.82) is 0 Å². The average Bonchev–Trinajstić information content (AvgIpc) is 2.16. The first kappa shape index (κ1) is 15.2. The zero-order valence-corrected chi connectivity index (χ0v) is 9.70. The van der Waals surface area contributed by atoms with Crippen molar-refractivity contribution in [3.63, 3.8) is 0 Å². The summed E-state index contributed by atoms with van der Waals surface area (Å²) in [6.45, 7) is 3.15. The van der Waals surface area contributed by atoms with Gasteiger partial charge in [0.15, 0.2) is 0 Å². The summed E-state index contributed by atoms with van der Waals surface area (Å²) < 4.78 is 35.3. The Kier molecular flexibility index (Phi) is 6.43. The van der Waals surface area contributed by atoms with Gasteiger partial charge in [-0.25, -0.2) is 4.79 Å². The highest BCUT2D eigenvalue weighted by Crippen LogP contribution is 2.25. The second-order valence-electron chi connectivity index (χ2n) is 3.90. The quantitative estimate of drug-likeness (QED) is 0.537. The van der Waals surface area contributed by atoms with Crippen LogP contribution in [0.15, 0.2) is 0 Å². The van der Waals surface area contributed by atoms with E-state index in [9.17, 15) is 18.7 Å². The largest absolute Gasteiger partial charge is 0.459 e. The summed E-state index contributed by atoms with van der Waals surface area (Å²) >= 11 is 0. The Morgan fingerprint density at radius 3 is 2.38 bits per heavy atom. The third-order valence-corrected chi connectivity index (χ3v) is 1.91. The van der Waals surface area contributed by atoms with Gasteiger partial charge in [0.05, 0.1) is 6.61 Å². The molecule has 4 nitrogen and oxygen atoms in total. The number of carbonyl (C=O) groups excluding carboxylic acids is 1. The summed E-state index contributed by atoms with van der Waals surface area (Å²) in [5.74, 6) is -5.71. The Labute approximate surface area is 93.5 Å². The molecule has 0 aliphatic heterocycles. The number of rotatable bonds is 7. The van der Waals surface area contributed by atoms with E-state index in [1.54, 1.807) is 13.8 Å². The third kappa shape index (κ3) is 4.85. The first-order chi connectivity index (χ1) is 7.32. The fraction of sp³-hybridized carbons (Fsp3) is 0.900. The zero-order chi connectivity index (χ0) is 12.8. The number of alkyl halides is 2. The van der Waals surface area contributed by atoms with Gasteiger partial charge in [-0.15, -0.1) is 0 Å². The molecule has 0 unspecified atom stereocenters.